The zero-order valence-corrected chi connectivity index (χ0v) is 8.81. The van der Waals surface area contributed by atoms with Crippen molar-refractivity contribution in [1.82, 2.24) is 9.78 Å². The van der Waals surface area contributed by atoms with Crippen LogP contribution in [0.15, 0.2) is 41.1 Å². The maximum Gasteiger partial charge on any atom is 0.153 e. The minimum absolute atomic E-state index is 0.577. The van der Waals surface area contributed by atoms with Gasteiger partial charge in [-0.05, 0) is 24.3 Å². The first kappa shape index (κ1) is 9.15. The van der Waals surface area contributed by atoms with Crippen LogP contribution in [0.25, 0.3) is 5.69 Å². The Morgan fingerprint density at radius 1 is 1.29 bits per heavy atom. The molecule has 3 nitrogen and oxygen atoms in total. The quantitative estimate of drug-likeness (QED) is 0.768. The minimum Gasteiger partial charge on any atom is -0.298 e. The Labute approximate surface area is 89.5 Å². The Kier molecular flexibility index (Phi) is 2.45. The average Bonchev–Trinajstić information content (AvgIpc) is 2.67. The Balaban J connectivity index is 2.39. The molecule has 0 bridgehead atoms. The predicted octanol–water partition coefficient (Wildman–Crippen LogP) is 2.45. The van der Waals surface area contributed by atoms with E-state index in [0.717, 1.165) is 16.4 Å². The highest BCUT2D eigenvalue weighted by Crippen LogP contribution is 2.13. The molecule has 0 aliphatic rings. The molecule has 2 rings (SSSR count). The predicted molar refractivity (Wildman–Crippen MR) is 56.7 cm³/mol. The molecule has 0 spiro atoms. The van der Waals surface area contributed by atoms with Crippen LogP contribution in [0.4, 0.5) is 0 Å². The summed E-state index contributed by atoms with van der Waals surface area (Å²) in [5.74, 6) is 0. The highest BCUT2D eigenvalue weighted by atomic mass is 79.9. The summed E-state index contributed by atoms with van der Waals surface area (Å²) in [7, 11) is 0. The number of rotatable bonds is 2. The number of carbonyl (C=O) groups excluding carboxylic acids is 1. The highest BCUT2D eigenvalue weighted by Gasteiger charge is 1.98. The molecule has 0 saturated carbocycles. The second kappa shape index (κ2) is 3.75. The van der Waals surface area contributed by atoms with Gasteiger partial charge in [-0.15, -0.1) is 0 Å². The van der Waals surface area contributed by atoms with Crippen LogP contribution in [0, 0.1) is 0 Å². The molecule has 14 heavy (non-hydrogen) atoms. The van der Waals surface area contributed by atoms with Crippen LogP contribution >= 0.6 is 15.9 Å². The minimum atomic E-state index is 0.577. The molecule has 0 aliphatic heterocycles. The summed E-state index contributed by atoms with van der Waals surface area (Å²) < 4.78 is 2.68. The van der Waals surface area contributed by atoms with Crippen molar-refractivity contribution in [2.45, 2.75) is 0 Å². The van der Waals surface area contributed by atoms with Gasteiger partial charge >= 0.3 is 0 Å². The van der Waals surface area contributed by atoms with Gasteiger partial charge in [-0.1, -0.05) is 15.9 Å². The van der Waals surface area contributed by atoms with Gasteiger partial charge < -0.3 is 0 Å². The van der Waals surface area contributed by atoms with Crippen molar-refractivity contribution in [3.8, 4) is 5.69 Å². The maximum absolute atomic E-state index is 10.4. The Morgan fingerprint density at radius 2 is 2.00 bits per heavy atom. The second-order valence-corrected chi connectivity index (χ2v) is 3.73. The fourth-order valence-corrected chi connectivity index (χ4v) is 1.40. The van der Waals surface area contributed by atoms with Gasteiger partial charge in [0, 0.05) is 10.7 Å². The number of aromatic nitrogens is 2. The number of benzene rings is 1. The molecule has 4 heteroatoms. The number of hydrogen-bond donors (Lipinski definition) is 0. The molecule has 0 atom stereocenters. The summed E-state index contributed by atoms with van der Waals surface area (Å²) in [5.41, 5.74) is 1.51. The third-order valence-electron chi connectivity index (χ3n) is 1.83. The van der Waals surface area contributed by atoms with Gasteiger partial charge in [-0.3, -0.25) is 4.79 Å². The first-order valence-electron chi connectivity index (χ1n) is 4.05. The van der Waals surface area contributed by atoms with Gasteiger partial charge in [-0.25, -0.2) is 4.68 Å². The van der Waals surface area contributed by atoms with E-state index in [9.17, 15) is 4.79 Å². The lowest BCUT2D eigenvalue weighted by atomic mass is 10.3. The van der Waals surface area contributed by atoms with Gasteiger partial charge in [0.05, 0.1) is 17.4 Å². The number of aldehydes is 1. The Bertz CT molecular complexity index is 447. The van der Waals surface area contributed by atoms with E-state index in [1.54, 1.807) is 10.9 Å². The molecule has 0 saturated heterocycles. The van der Waals surface area contributed by atoms with Crippen molar-refractivity contribution >= 4 is 22.2 Å². The van der Waals surface area contributed by atoms with Crippen LogP contribution in [-0.2, 0) is 0 Å². The molecule has 2 aromatic rings. The van der Waals surface area contributed by atoms with Crippen molar-refractivity contribution in [3.05, 3.63) is 46.7 Å². The number of halogens is 1. The van der Waals surface area contributed by atoms with Crippen LogP contribution in [0.2, 0.25) is 0 Å². The Morgan fingerprint density at radius 3 is 2.57 bits per heavy atom. The van der Waals surface area contributed by atoms with Crippen LogP contribution in [-0.4, -0.2) is 16.1 Å². The van der Waals surface area contributed by atoms with E-state index in [4.69, 9.17) is 0 Å². The molecule has 1 aromatic heterocycles. The van der Waals surface area contributed by atoms with Crippen molar-refractivity contribution < 1.29 is 4.79 Å². The van der Waals surface area contributed by atoms with E-state index in [1.807, 2.05) is 24.3 Å². The van der Waals surface area contributed by atoms with Crippen LogP contribution in [0.5, 0.6) is 0 Å². The highest BCUT2D eigenvalue weighted by molar-refractivity contribution is 9.10. The first-order valence-corrected chi connectivity index (χ1v) is 4.85. The summed E-state index contributed by atoms with van der Waals surface area (Å²) in [4.78, 5) is 10.4. The first-order chi connectivity index (χ1) is 6.79. The van der Waals surface area contributed by atoms with Crippen molar-refractivity contribution in [2.75, 3.05) is 0 Å². The van der Waals surface area contributed by atoms with Crippen molar-refractivity contribution in [2.24, 2.45) is 0 Å². The number of nitrogens with zero attached hydrogens (tertiary/aromatic N) is 2. The smallest absolute Gasteiger partial charge is 0.153 e. The van der Waals surface area contributed by atoms with E-state index in [0.29, 0.717) is 5.56 Å². The normalized spacial score (nSPS) is 10.1. The molecular formula is C10H7BrN2O. The van der Waals surface area contributed by atoms with Crippen molar-refractivity contribution in [1.29, 1.82) is 0 Å². The molecule has 0 unspecified atom stereocenters. The molecule has 0 N–H and O–H groups in total. The van der Waals surface area contributed by atoms with Crippen LogP contribution in [0.1, 0.15) is 10.4 Å². The lowest BCUT2D eigenvalue weighted by Crippen LogP contribution is -1.92. The maximum atomic E-state index is 10.4. The SMILES string of the molecule is O=Cc1cnn(-c2ccc(Br)cc2)c1. The standard InChI is InChI=1S/C10H7BrN2O/c11-9-1-3-10(4-2-9)13-6-8(7-14)5-12-13/h1-7H. The monoisotopic (exact) mass is 250 g/mol. The van der Waals surface area contributed by atoms with Gasteiger partial charge in [0.15, 0.2) is 6.29 Å². The zero-order chi connectivity index (χ0) is 9.97. The molecule has 0 fully saturated rings. The van der Waals surface area contributed by atoms with E-state index in [2.05, 4.69) is 21.0 Å². The molecule has 0 aliphatic carbocycles. The third-order valence-corrected chi connectivity index (χ3v) is 2.36. The van der Waals surface area contributed by atoms with Gasteiger partial charge in [0.1, 0.15) is 0 Å². The summed E-state index contributed by atoms with van der Waals surface area (Å²) in [6.45, 7) is 0. The molecular weight excluding hydrogens is 244 g/mol. The number of hydrogen-bond acceptors (Lipinski definition) is 2. The van der Waals surface area contributed by atoms with E-state index in [1.165, 1.54) is 6.20 Å². The summed E-state index contributed by atoms with van der Waals surface area (Å²) in [6.07, 6.45) is 4.01. The molecule has 1 heterocycles. The van der Waals surface area contributed by atoms with Gasteiger partial charge in [0.2, 0.25) is 0 Å². The lowest BCUT2D eigenvalue weighted by Gasteiger charge is -1.99. The van der Waals surface area contributed by atoms with Gasteiger partial charge in [0.25, 0.3) is 0 Å². The van der Waals surface area contributed by atoms with E-state index >= 15 is 0 Å². The third kappa shape index (κ3) is 1.75. The number of carbonyl (C=O) groups is 1. The fourth-order valence-electron chi connectivity index (χ4n) is 1.13. The lowest BCUT2D eigenvalue weighted by molar-refractivity contribution is 0.112. The molecule has 0 amide bonds. The van der Waals surface area contributed by atoms with Crippen molar-refractivity contribution in [3.63, 3.8) is 0 Å². The molecule has 1 aromatic carbocycles. The Hall–Kier alpha value is -1.42. The largest absolute Gasteiger partial charge is 0.298 e. The van der Waals surface area contributed by atoms with Crippen LogP contribution < -0.4 is 0 Å². The van der Waals surface area contributed by atoms with E-state index < -0.39 is 0 Å². The fraction of sp³-hybridized carbons (Fsp3) is 0. The zero-order valence-electron chi connectivity index (χ0n) is 7.22. The topological polar surface area (TPSA) is 34.9 Å². The molecule has 70 valence electrons. The molecule has 0 radical (unpaired) electrons. The summed E-state index contributed by atoms with van der Waals surface area (Å²) in [6, 6.07) is 7.70. The second-order valence-electron chi connectivity index (χ2n) is 2.81. The average molecular weight is 251 g/mol. The van der Waals surface area contributed by atoms with E-state index in [-0.39, 0.29) is 0 Å². The van der Waals surface area contributed by atoms with Crippen LogP contribution in [0.3, 0.4) is 0 Å². The summed E-state index contributed by atoms with van der Waals surface area (Å²) >= 11 is 3.35. The summed E-state index contributed by atoms with van der Waals surface area (Å²) in [5, 5.41) is 4.06. The van der Waals surface area contributed by atoms with Gasteiger partial charge in [-0.2, -0.15) is 5.10 Å².